The number of rotatable bonds is 1. The van der Waals surface area contributed by atoms with Crippen molar-refractivity contribution in [3.63, 3.8) is 0 Å². The van der Waals surface area contributed by atoms with Crippen molar-refractivity contribution in [3.8, 4) is 0 Å². The minimum atomic E-state index is -0.125. The molecule has 1 radical (unpaired) electrons. The first kappa shape index (κ1) is 30.1. The fourth-order valence-corrected chi connectivity index (χ4v) is 4.22. The molecule has 0 atom stereocenters. The van der Waals surface area contributed by atoms with Gasteiger partial charge >= 0.3 is 0 Å². The van der Waals surface area contributed by atoms with Crippen molar-refractivity contribution in [2.24, 2.45) is 14.1 Å². The van der Waals surface area contributed by atoms with Gasteiger partial charge in [0.2, 0.25) is 11.1 Å². The van der Waals surface area contributed by atoms with E-state index in [9.17, 15) is 14.4 Å². The molecule has 0 saturated heterocycles. The number of pyridine rings is 4. The van der Waals surface area contributed by atoms with Crippen LogP contribution in [0.3, 0.4) is 0 Å². The third kappa shape index (κ3) is 6.22. The average Bonchev–Trinajstić information content (AvgIpc) is 2.95. The smallest absolute Gasteiger partial charge is 0.215 e. The minimum Gasteiger partial charge on any atom is -0.512 e. The van der Waals surface area contributed by atoms with Crippen molar-refractivity contribution in [1.82, 2.24) is 19.1 Å². The maximum atomic E-state index is 12.1. The molecule has 205 valence electrons. The van der Waals surface area contributed by atoms with Gasteiger partial charge in [-0.3, -0.25) is 14.4 Å². The van der Waals surface area contributed by atoms with E-state index in [-0.39, 0.29) is 42.8 Å². The Morgan fingerprint density at radius 1 is 0.775 bits per heavy atom. The predicted octanol–water partition coefficient (Wildman–Crippen LogP) is 4.81. The van der Waals surface area contributed by atoms with Gasteiger partial charge in [-0.25, -0.2) is 0 Å². The molecule has 0 bridgehead atoms. The number of nitrogens with zero attached hydrogens (tertiary/aromatic N) is 4. The second-order valence-electron chi connectivity index (χ2n) is 8.78. The van der Waals surface area contributed by atoms with Gasteiger partial charge in [-0.15, -0.1) is 59.3 Å². The fraction of sp³-hybridized carbons (Fsp3) is 0.129. The minimum absolute atomic E-state index is 0. The van der Waals surface area contributed by atoms with Crippen LogP contribution in [-0.2, 0) is 39.0 Å². The third-order valence-corrected chi connectivity index (χ3v) is 5.96. The SMILES string of the molecule is CC(=O)/C=C(/C)O.Cn1c(=O)c2ccc[c-]c2c2ncccc21.Cn1c(=O)c2ccc[c-]c2c2ncccc21.[Ir]. The molecule has 1 N–H and O–H groups in total. The van der Waals surface area contributed by atoms with Gasteiger partial charge in [0.1, 0.15) is 0 Å². The molecule has 8 nitrogen and oxygen atoms in total. The molecule has 0 saturated carbocycles. The van der Waals surface area contributed by atoms with Gasteiger partial charge in [0, 0.05) is 74.7 Å². The summed E-state index contributed by atoms with van der Waals surface area (Å²) in [4.78, 5) is 42.8. The van der Waals surface area contributed by atoms with Crippen molar-refractivity contribution in [1.29, 1.82) is 0 Å². The molecule has 0 amide bonds. The number of hydrogen-bond donors (Lipinski definition) is 1. The van der Waals surface area contributed by atoms with Crippen LogP contribution in [0.1, 0.15) is 13.8 Å². The number of ketones is 1. The van der Waals surface area contributed by atoms with Crippen molar-refractivity contribution >= 4 is 49.4 Å². The van der Waals surface area contributed by atoms with Crippen LogP contribution in [0.15, 0.2) is 94.5 Å². The summed E-state index contributed by atoms with van der Waals surface area (Å²) in [6.07, 6.45) is 4.63. The number of fused-ring (bicyclic) bond motifs is 6. The molecule has 4 aromatic heterocycles. The Kier molecular flexibility index (Phi) is 9.82. The van der Waals surface area contributed by atoms with Crippen molar-refractivity contribution in [2.45, 2.75) is 13.8 Å². The maximum Gasteiger partial charge on any atom is 0.215 e. The van der Waals surface area contributed by atoms with Gasteiger partial charge in [-0.2, -0.15) is 0 Å². The number of aromatic nitrogens is 4. The number of aliphatic hydroxyl groups is 1. The van der Waals surface area contributed by atoms with E-state index in [1.54, 1.807) is 47.8 Å². The topological polar surface area (TPSA) is 107 Å². The standard InChI is InChI=1S/2C13H9N2O.C5H8O2.Ir/c2*1-15-11-7-4-8-14-12(11)9-5-2-3-6-10(9)13(15)16;1-4(6)3-5(2)7;/h2*2-4,6-8H,1H3;3,6H,1-2H3;/q2*-1;;/b;;4-3-;. The van der Waals surface area contributed by atoms with Crippen LogP contribution in [0, 0.1) is 12.1 Å². The number of carbonyl (C=O) groups is 1. The number of aliphatic hydroxyl groups excluding tert-OH is 1. The molecule has 0 spiro atoms. The molecular formula is C31H26IrN4O4-2. The number of aryl methyl sites for hydroxylation is 2. The van der Waals surface area contributed by atoms with Gasteiger partial charge < -0.3 is 24.2 Å². The first-order valence-corrected chi connectivity index (χ1v) is 12.1. The first-order chi connectivity index (χ1) is 18.7. The number of benzene rings is 2. The van der Waals surface area contributed by atoms with Crippen LogP contribution in [0.4, 0.5) is 0 Å². The zero-order chi connectivity index (χ0) is 28.1. The molecule has 40 heavy (non-hydrogen) atoms. The second-order valence-corrected chi connectivity index (χ2v) is 8.78. The van der Waals surface area contributed by atoms with Gasteiger partial charge in [0.25, 0.3) is 0 Å². The molecule has 0 aliphatic carbocycles. The van der Waals surface area contributed by atoms with Crippen LogP contribution < -0.4 is 11.1 Å². The van der Waals surface area contributed by atoms with E-state index >= 15 is 0 Å². The predicted molar refractivity (Wildman–Crippen MR) is 154 cm³/mol. The molecule has 0 unspecified atom stereocenters. The zero-order valence-electron chi connectivity index (χ0n) is 22.3. The van der Waals surface area contributed by atoms with Crippen molar-refractivity contribution in [2.75, 3.05) is 0 Å². The van der Waals surface area contributed by atoms with Crippen LogP contribution >= 0.6 is 0 Å². The number of hydrogen-bond acceptors (Lipinski definition) is 6. The van der Waals surface area contributed by atoms with Crippen LogP contribution in [0.25, 0.3) is 43.6 Å². The summed E-state index contributed by atoms with van der Waals surface area (Å²) in [7, 11) is 3.53. The maximum absolute atomic E-state index is 12.1. The van der Waals surface area contributed by atoms with E-state index in [0.717, 1.165) is 32.8 Å². The average molecular weight is 711 g/mol. The summed E-state index contributed by atoms with van der Waals surface area (Å²) in [5.74, 6) is -0.0625. The third-order valence-electron chi connectivity index (χ3n) is 5.96. The second kappa shape index (κ2) is 13.1. The molecule has 6 rings (SSSR count). The molecule has 0 fully saturated rings. The summed E-state index contributed by atoms with van der Waals surface area (Å²) >= 11 is 0. The molecule has 0 aliphatic heterocycles. The van der Waals surface area contributed by atoms with Crippen molar-refractivity contribution in [3.05, 3.63) is 118 Å². The molecule has 4 heterocycles. The molecule has 2 aromatic carbocycles. The molecular weight excluding hydrogens is 685 g/mol. The Morgan fingerprint density at radius 2 is 1.20 bits per heavy atom. The van der Waals surface area contributed by atoms with E-state index in [2.05, 4.69) is 22.1 Å². The Bertz CT molecular complexity index is 1860. The van der Waals surface area contributed by atoms with Gasteiger partial charge in [0.05, 0.1) is 5.76 Å². The Hall–Kier alpha value is -4.46. The summed E-state index contributed by atoms with van der Waals surface area (Å²) in [6, 6.07) is 24.5. The van der Waals surface area contributed by atoms with E-state index < -0.39 is 0 Å². The van der Waals surface area contributed by atoms with Gasteiger partial charge in [-0.05, 0) is 48.9 Å². The van der Waals surface area contributed by atoms with E-state index in [1.807, 2.05) is 48.5 Å². The van der Waals surface area contributed by atoms with E-state index in [0.29, 0.717) is 10.8 Å². The molecule has 6 aromatic rings. The van der Waals surface area contributed by atoms with E-state index in [4.69, 9.17) is 5.11 Å². The Balaban J connectivity index is 0.000000177. The van der Waals surface area contributed by atoms with E-state index in [1.165, 1.54) is 19.9 Å². The summed E-state index contributed by atoms with van der Waals surface area (Å²) < 4.78 is 3.25. The van der Waals surface area contributed by atoms with Gasteiger partial charge in [0.15, 0.2) is 5.78 Å². The quantitative estimate of drug-likeness (QED) is 0.114. The number of carbonyl (C=O) groups excluding carboxylic acids is 1. The van der Waals surface area contributed by atoms with Crippen LogP contribution in [-0.4, -0.2) is 30.0 Å². The first-order valence-electron chi connectivity index (χ1n) is 12.1. The van der Waals surface area contributed by atoms with Crippen LogP contribution in [0.2, 0.25) is 0 Å². The molecule has 9 heteroatoms. The Morgan fingerprint density at radius 3 is 1.55 bits per heavy atom. The van der Waals surface area contributed by atoms with Gasteiger partial charge in [-0.1, -0.05) is 0 Å². The summed E-state index contributed by atoms with van der Waals surface area (Å²) in [6.45, 7) is 2.85. The monoisotopic (exact) mass is 711 g/mol. The Labute approximate surface area is 243 Å². The summed E-state index contributed by atoms with van der Waals surface area (Å²) in [5, 5.41) is 11.3. The summed E-state index contributed by atoms with van der Waals surface area (Å²) in [5.41, 5.74) is 3.30. The fourth-order valence-electron chi connectivity index (χ4n) is 4.22. The zero-order valence-corrected chi connectivity index (χ0v) is 24.7. The molecule has 0 aliphatic rings. The van der Waals surface area contributed by atoms with Crippen LogP contribution in [0.5, 0.6) is 0 Å². The number of allylic oxidation sites excluding steroid dienone is 2. The normalized spacial score (nSPS) is 10.8. The largest absolute Gasteiger partial charge is 0.512 e. The van der Waals surface area contributed by atoms with Crippen molar-refractivity contribution < 1.29 is 30.0 Å².